The van der Waals surface area contributed by atoms with Gasteiger partial charge >= 0.3 is 0 Å². The molecule has 2 aliphatic heterocycles. The van der Waals surface area contributed by atoms with Crippen molar-refractivity contribution in [2.75, 3.05) is 19.6 Å². The van der Waals surface area contributed by atoms with Crippen LogP contribution in [0.3, 0.4) is 0 Å². The van der Waals surface area contributed by atoms with Gasteiger partial charge in [0.05, 0.1) is 0 Å². The van der Waals surface area contributed by atoms with E-state index in [1.807, 2.05) is 0 Å². The van der Waals surface area contributed by atoms with Gasteiger partial charge in [0.1, 0.15) is 0 Å². The van der Waals surface area contributed by atoms with Crippen molar-refractivity contribution in [2.45, 2.75) is 76.9 Å². The smallest absolute Gasteiger partial charge is 0.0283 e. The minimum absolute atomic E-state index is 0.736. The Hall–Kier alpha value is -0.0800. The Balaban J connectivity index is 1.78. The molecule has 0 radical (unpaired) electrons. The van der Waals surface area contributed by atoms with Gasteiger partial charge in [-0.1, -0.05) is 19.3 Å². The molecule has 0 aromatic heterocycles. The SMILES string of the molecule is CC(C)N1CCN2CCCC2C1C1CCCCC1. The number of hydrogen-bond donors (Lipinski definition) is 0. The van der Waals surface area contributed by atoms with Crippen LogP contribution in [0.15, 0.2) is 0 Å². The van der Waals surface area contributed by atoms with Crippen LogP contribution in [0.1, 0.15) is 58.8 Å². The van der Waals surface area contributed by atoms with E-state index in [0.717, 1.165) is 24.0 Å². The van der Waals surface area contributed by atoms with Crippen molar-refractivity contribution in [3.05, 3.63) is 0 Å². The average Bonchev–Trinajstić information content (AvgIpc) is 2.86. The zero-order chi connectivity index (χ0) is 12.5. The molecule has 2 heteroatoms. The first-order chi connectivity index (χ1) is 8.77. The lowest BCUT2D eigenvalue weighted by Gasteiger charge is -2.50. The van der Waals surface area contributed by atoms with Gasteiger partial charge in [-0.3, -0.25) is 9.80 Å². The maximum Gasteiger partial charge on any atom is 0.0283 e. The second-order valence-electron chi connectivity index (χ2n) is 6.97. The molecule has 104 valence electrons. The van der Waals surface area contributed by atoms with Crippen LogP contribution in [0.4, 0.5) is 0 Å². The Morgan fingerprint density at radius 3 is 2.33 bits per heavy atom. The number of rotatable bonds is 2. The molecule has 2 nitrogen and oxygen atoms in total. The number of hydrogen-bond acceptors (Lipinski definition) is 2. The van der Waals surface area contributed by atoms with Crippen molar-refractivity contribution in [1.29, 1.82) is 0 Å². The predicted molar refractivity (Wildman–Crippen MR) is 76.8 cm³/mol. The molecular weight excluding hydrogens is 220 g/mol. The third-order valence-corrected chi connectivity index (χ3v) is 5.63. The molecule has 2 saturated heterocycles. The number of piperazine rings is 1. The molecule has 0 spiro atoms. The molecule has 3 fully saturated rings. The van der Waals surface area contributed by atoms with E-state index in [9.17, 15) is 0 Å². The van der Waals surface area contributed by atoms with Crippen molar-refractivity contribution in [3.8, 4) is 0 Å². The lowest BCUT2D eigenvalue weighted by molar-refractivity contribution is -0.0162. The maximum absolute atomic E-state index is 2.85. The molecule has 2 atom stereocenters. The topological polar surface area (TPSA) is 6.48 Å². The summed E-state index contributed by atoms with van der Waals surface area (Å²) in [4.78, 5) is 5.65. The normalized spacial score (nSPS) is 36.2. The summed E-state index contributed by atoms with van der Waals surface area (Å²) in [5.74, 6) is 0.993. The fraction of sp³-hybridized carbons (Fsp3) is 1.00. The Morgan fingerprint density at radius 2 is 1.61 bits per heavy atom. The van der Waals surface area contributed by atoms with E-state index in [-0.39, 0.29) is 0 Å². The summed E-state index contributed by atoms with van der Waals surface area (Å²) >= 11 is 0. The summed E-state index contributed by atoms with van der Waals surface area (Å²) in [7, 11) is 0. The average molecular weight is 250 g/mol. The summed E-state index contributed by atoms with van der Waals surface area (Å²) in [5.41, 5.74) is 0. The van der Waals surface area contributed by atoms with Gasteiger partial charge in [0, 0.05) is 31.2 Å². The van der Waals surface area contributed by atoms with Crippen LogP contribution in [0.5, 0.6) is 0 Å². The number of nitrogens with zero attached hydrogens (tertiary/aromatic N) is 2. The third-order valence-electron chi connectivity index (χ3n) is 5.63. The van der Waals surface area contributed by atoms with Crippen LogP contribution in [0, 0.1) is 5.92 Å². The highest BCUT2D eigenvalue weighted by molar-refractivity contribution is 4.99. The molecular formula is C16H30N2. The predicted octanol–water partition coefficient (Wildman–Crippen LogP) is 3.12. The fourth-order valence-corrected chi connectivity index (χ4v) is 4.79. The van der Waals surface area contributed by atoms with Crippen LogP contribution in [-0.2, 0) is 0 Å². The van der Waals surface area contributed by atoms with E-state index >= 15 is 0 Å². The molecule has 3 rings (SSSR count). The maximum atomic E-state index is 2.85. The van der Waals surface area contributed by atoms with E-state index in [0.29, 0.717) is 0 Å². The largest absolute Gasteiger partial charge is 0.298 e. The van der Waals surface area contributed by atoms with Gasteiger partial charge in [0.25, 0.3) is 0 Å². The molecule has 2 heterocycles. The first-order valence-electron chi connectivity index (χ1n) is 8.27. The van der Waals surface area contributed by atoms with Crippen LogP contribution in [-0.4, -0.2) is 47.6 Å². The van der Waals surface area contributed by atoms with E-state index in [2.05, 4.69) is 23.6 Å². The lowest BCUT2D eigenvalue weighted by atomic mass is 9.78. The minimum atomic E-state index is 0.736. The molecule has 0 aromatic rings. The van der Waals surface area contributed by atoms with Gasteiger partial charge in [-0.25, -0.2) is 0 Å². The third kappa shape index (κ3) is 2.34. The molecule has 0 amide bonds. The summed E-state index contributed by atoms with van der Waals surface area (Å²) in [5, 5.41) is 0. The molecule has 18 heavy (non-hydrogen) atoms. The van der Waals surface area contributed by atoms with Crippen LogP contribution >= 0.6 is 0 Å². The summed E-state index contributed by atoms with van der Waals surface area (Å²) < 4.78 is 0. The molecule has 1 saturated carbocycles. The minimum Gasteiger partial charge on any atom is -0.298 e. The molecule has 2 unspecified atom stereocenters. The van der Waals surface area contributed by atoms with Crippen molar-refractivity contribution in [2.24, 2.45) is 5.92 Å². The first-order valence-corrected chi connectivity index (χ1v) is 8.27. The Labute approximate surface area is 113 Å². The summed E-state index contributed by atoms with van der Waals surface area (Å²) in [6, 6.07) is 2.51. The highest BCUT2D eigenvalue weighted by atomic mass is 15.3. The van der Waals surface area contributed by atoms with Gasteiger partial charge in [-0.15, -0.1) is 0 Å². The van der Waals surface area contributed by atoms with Crippen molar-refractivity contribution in [1.82, 2.24) is 9.80 Å². The Bertz CT molecular complexity index is 268. The van der Waals surface area contributed by atoms with Crippen molar-refractivity contribution in [3.63, 3.8) is 0 Å². The molecule has 3 aliphatic rings. The van der Waals surface area contributed by atoms with Crippen molar-refractivity contribution >= 4 is 0 Å². The fourth-order valence-electron chi connectivity index (χ4n) is 4.79. The second-order valence-corrected chi connectivity index (χ2v) is 6.97. The molecule has 1 aliphatic carbocycles. The molecule has 0 bridgehead atoms. The van der Waals surface area contributed by atoms with Crippen LogP contribution < -0.4 is 0 Å². The van der Waals surface area contributed by atoms with Gasteiger partial charge in [-0.2, -0.15) is 0 Å². The molecule has 0 aromatic carbocycles. The highest BCUT2D eigenvalue weighted by Crippen LogP contribution is 2.38. The van der Waals surface area contributed by atoms with Crippen LogP contribution in [0.2, 0.25) is 0 Å². The van der Waals surface area contributed by atoms with E-state index < -0.39 is 0 Å². The zero-order valence-corrected chi connectivity index (χ0v) is 12.3. The van der Waals surface area contributed by atoms with E-state index in [4.69, 9.17) is 0 Å². The van der Waals surface area contributed by atoms with Gasteiger partial charge in [0.2, 0.25) is 0 Å². The van der Waals surface area contributed by atoms with E-state index in [1.54, 1.807) is 0 Å². The monoisotopic (exact) mass is 250 g/mol. The van der Waals surface area contributed by atoms with Gasteiger partial charge in [-0.05, 0) is 52.0 Å². The first kappa shape index (κ1) is 12.9. The lowest BCUT2D eigenvalue weighted by Crippen LogP contribution is -2.61. The highest BCUT2D eigenvalue weighted by Gasteiger charge is 2.43. The van der Waals surface area contributed by atoms with Gasteiger partial charge in [0.15, 0.2) is 0 Å². The van der Waals surface area contributed by atoms with Gasteiger partial charge < -0.3 is 0 Å². The van der Waals surface area contributed by atoms with Crippen molar-refractivity contribution < 1.29 is 0 Å². The van der Waals surface area contributed by atoms with Crippen LogP contribution in [0.25, 0.3) is 0 Å². The second kappa shape index (κ2) is 5.50. The summed E-state index contributed by atoms with van der Waals surface area (Å²) in [6.07, 6.45) is 10.4. The molecule has 0 N–H and O–H groups in total. The Morgan fingerprint density at radius 1 is 0.833 bits per heavy atom. The standard InChI is InChI=1S/C16H30N2/c1-13(2)18-12-11-17-10-6-9-15(17)16(18)14-7-4-3-5-8-14/h13-16H,3-12H2,1-2H3. The van der Waals surface area contributed by atoms with E-state index in [1.165, 1.54) is 64.6 Å². The zero-order valence-electron chi connectivity index (χ0n) is 12.3. The quantitative estimate of drug-likeness (QED) is 0.743. The Kier molecular flexibility index (Phi) is 3.95. The summed E-state index contributed by atoms with van der Waals surface area (Å²) in [6.45, 7) is 8.82. The number of fused-ring (bicyclic) bond motifs is 1.